The number of amides is 2. The van der Waals surface area contributed by atoms with E-state index in [4.69, 9.17) is 0 Å². The van der Waals surface area contributed by atoms with Crippen molar-refractivity contribution in [1.82, 2.24) is 0 Å². The third kappa shape index (κ3) is 4.41. The van der Waals surface area contributed by atoms with Crippen LogP contribution in [0.5, 0.6) is 5.75 Å². The molecule has 2 aromatic rings. The molecule has 0 saturated heterocycles. The van der Waals surface area contributed by atoms with Crippen molar-refractivity contribution < 1.29 is 22.7 Å². The van der Waals surface area contributed by atoms with Gasteiger partial charge in [-0.25, -0.2) is 9.18 Å². The average Bonchev–Trinajstić information content (AvgIpc) is 2.42. The number of aryl methyl sites for hydroxylation is 1. The highest BCUT2D eigenvalue weighted by atomic mass is 19.3. The highest BCUT2D eigenvalue weighted by molar-refractivity contribution is 5.99. The minimum absolute atomic E-state index is 0.0748. The fraction of sp³-hybridized carbons (Fsp3) is 0.133. The summed E-state index contributed by atoms with van der Waals surface area (Å²) in [7, 11) is 0. The Kier molecular flexibility index (Phi) is 4.88. The maximum atomic E-state index is 13.4. The Morgan fingerprint density at radius 2 is 1.77 bits per heavy atom. The van der Waals surface area contributed by atoms with Crippen molar-refractivity contribution in [2.75, 3.05) is 10.6 Å². The fourth-order valence-electron chi connectivity index (χ4n) is 1.71. The molecule has 0 saturated carbocycles. The summed E-state index contributed by atoms with van der Waals surface area (Å²) in [5, 5.41) is 4.88. The summed E-state index contributed by atoms with van der Waals surface area (Å²) >= 11 is 0. The largest absolute Gasteiger partial charge is 0.435 e. The molecular formula is C15H13F3N2O2. The Balaban J connectivity index is 2.01. The van der Waals surface area contributed by atoms with E-state index in [2.05, 4.69) is 15.4 Å². The van der Waals surface area contributed by atoms with E-state index in [1.165, 1.54) is 36.4 Å². The number of halogens is 3. The number of urea groups is 1. The zero-order chi connectivity index (χ0) is 16.1. The van der Waals surface area contributed by atoms with E-state index in [0.717, 1.165) is 0 Å². The van der Waals surface area contributed by atoms with Crippen molar-refractivity contribution in [2.45, 2.75) is 13.5 Å². The molecular weight excluding hydrogens is 297 g/mol. The minimum Gasteiger partial charge on any atom is -0.435 e. The molecule has 0 aliphatic heterocycles. The SMILES string of the molecule is Cc1ccc(NC(=O)Nc2cccc(OC(F)F)c2)cc1F. The van der Waals surface area contributed by atoms with Crippen LogP contribution in [0.3, 0.4) is 0 Å². The quantitative estimate of drug-likeness (QED) is 0.880. The van der Waals surface area contributed by atoms with Gasteiger partial charge in [-0.1, -0.05) is 12.1 Å². The first-order chi connectivity index (χ1) is 10.4. The van der Waals surface area contributed by atoms with Gasteiger partial charge in [0.2, 0.25) is 0 Å². The molecule has 2 aromatic carbocycles. The minimum atomic E-state index is -2.94. The molecule has 22 heavy (non-hydrogen) atoms. The Morgan fingerprint density at radius 3 is 2.41 bits per heavy atom. The van der Waals surface area contributed by atoms with Gasteiger partial charge in [0, 0.05) is 17.4 Å². The van der Waals surface area contributed by atoms with E-state index in [1.807, 2.05) is 0 Å². The molecule has 7 heteroatoms. The highest BCUT2D eigenvalue weighted by Gasteiger charge is 2.07. The maximum Gasteiger partial charge on any atom is 0.387 e. The van der Waals surface area contributed by atoms with Gasteiger partial charge in [-0.3, -0.25) is 0 Å². The molecule has 0 bridgehead atoms. The Bertz CT molecular complexity index is 678. The molecule has 4 nitrogen and oxygen atoms in total. The van der Waals surface area contributed by atoms with E-state index in [9.17, 15) is 18.0 Å². The molecule has 2 N–H and O–H groups in total. The van der Waals surface area contributed by atoms with Gasteiger partial charge in [0.25, 0.3) is 0 Å². The van der Waals surface area contributed by atoms with Crippen LogP contribution in [0.15, 0.2) is 42.5 Å². The molecule has 2 amide bonds. The first-order valence-electron chi connectivity index (χ1n) is 6.33. The lowest BCUT2D eigenvalue weighted by Crippen LogP contribution is -2.19. The van der Waals surface area contributed by atoms with Crippen LogP contribution in [-0.4, -0.2) is 12.6 Å². The highest BCUT2D eigenvalue weighted by Crippen LogP contribution is 2.20. The molecule has 0 fully saturated rings. The van der Waals surface area contributed by atoms with Gasteiger partial charge < -0.3 is 15.4 Å². The van der Waals surface area contributed by atoms with Gasteiger partial charge in [0.05, 0.1) is 0 Å². The van der Waals surface area contributed by atoms with Gasteiger partial charge in [-0.2, -0.15) is 8.78 Å². The summed E-state index contributed by atoms with van der Waals surface area (Å²) in [5.74, 6) is -0.515. The number of nitrogens with one attached hydrogen (secondary N) is 2. The van der Waals surface area contributed by atoms with Crippen molar-refractivity contribution in [3.8, 4) is 5.75 Å². The predicted molar refractivity (Wildman–Crippen MR) is 76.9 cm³/mol. The molecule has 0 aliphatic rings. The number of rotatable bonds is 4. The van der Waals surface area contributed by atoms with Crippen LogP contribution in [0.25, 0.3) is 0 Å². The first-order valence-corrected chi connectivity index (χ1v) is 6.33. The first kappa shape index (κ1) is 15.7. The number of anilines is 2. The lowest BCUT2D eigenvalue weighted by Gasteiger charge is -2.10. The number of ether oxygens (including phenoxy) is 1. The second kappa shape index (κ2) is 6.84. The molecule has 0 aliphatic carbocycles. The van der Waals surface area contributed by atoms with Crippen LogP contribution in [0, 0.1) is 12.7 Å². The molecule has 2 rings (SSSR count). The van der Waals surface area contributed by atoms with E-state index in [0.29, 0.717) is 5.56 Å². The Labute approximate surface area is 124 Å². The van der Waals surface area contributed by atoms with Gasteiger partial charge >= 0.3 is 12.6 Å². The fourth-order valence-corrected chi connectivity index (χ4v) is 1.71. The molecule has 0 unspecified atom stereocenters. The zero-order valence-corrected chi connectivity index (χ0v) is 11.6. The van der Waals surface area contributed by atoms with Crippen LogP contribution in [0.1, 0.15) is 5.56 Å². The van der Waals surface area contributed by atoms with Gasteiger partial charge in [0.15, 0.2) is 0 Å². The predicted octanol–water partition coefficient (Wildman–Crippen LogP) is 4.38. The number of carbonyl (C=O) groups is 1. The standard InChI is InChI=1S/C15H13F3N2O2/c1-9-5-6-11(8-13(9)16)20-15(21)19-10-3-2-4-12(7-10)22-14(17)18/h2-8,14H,1H3,(H2,19,20,21). The molecule has 0 spiro atoms. The second-order valence-electron chi connectivity index (χ2n) is 4.45. The average molecular weight is 310 g/mol. The summed E-state index contributed by atoms with van der Waals surface area (Å²) in [6.45, 7) is -1.34. The third-order valence-electron chi connectivity index (χ3n) is 2.75. The van der Waals surface area contributed by atoms with Crippen LogP contribution < -0.4 is 15.4 Å². The summed E-state index contributed by atoms with van der Waals surface area (Å²) < 4.78 is 41.8. The molecule has 116 valence electrons. The normalized spacial score (nSPS) is 10.4. The van der Waals surface area contributed by atoms with E-state index >= 15 is 0 Å². The van der Waals surface area contributed by atoms with Crippen LogP contribution in [-0.2, 0) is 0 Å². The summed E-state index contributed by atoms with van der Waals surface area (Å²) in [6.07, 6.45) is 0. The van der Waals surface area contributed by atoms with Gasteiger partial charge in [-0.15, -0.1) is 0 Å². The Hall–Kier alpha value is -2.70. The lowest BCUT2D eigenvalue weighted by atomic mass is 10.2. The molecule has 0 radical (unpaired) electrons. The Morgan fingerprint density at radius 1 is 1.09 bits per heavy atom. The topological polar surface area (TPSA) is 50.4 Å². The van der Waals surface area contributed by atoms with E-state index in [-0.39, 0.29) is 17.1 Å². The van der Waals surface area contributed by atoms with Crippen molar-refractivity contribution in [3.63, 3.8) is 0 Å². The van der Waals surface area contributed by atoms with Crippen molar-refractivity contribution >= 4 is 17.4 Å². The third-order valence-corrected chi connectivity index (χ3v) is 2.75. The van der Waals surface area contributed by atoms with Crippen molar-refractivity contribution in [2.24, 2.45) is 0 Å². The smallest absolute Gasteiger partial charge is 0.387 e. The molecule has 0 aromatic heterocycles. The van der Waals surface area contributed by atoms with E-state index in [1.54, 1.807) is 13.0 Å². The van der Waals surface area contributed by atoms with Crippen LogP contribution in [0.2, 0.25) is 0 Å². The maximum absolute atomic E-state index is 13.4. The number of hydrogen-bond acceptors (Lipinski definition) is 2. The van der Waals surface area contributed by atoms with Gasteiger partial charge in [-0.05, 0) is 36.8 Å². The number of benzene rings is 2. The summed E-state index contributed by atoms with van der Waals surface area (Å²) in [6, 6.07) is 9.19. The van der Waals surface area contributed by atoms with Crippen LogP contribution in [0.4, 0.5) is 29.3 Å². The number of carbonyl (C=O) groups excluding carboxylic acids is 1. The monoisotopic (exact) mass is 310 g/mol. The van der Waals surface area contributed by atoms with Crippen LogP contribution >= 0.6 is 0 Å². The van der Waals surface area contributed by atoms with Gasteiger partial charge in [0.1, 0.15) is 11.6 Å². The molecule has 0 atom stereocenters. The summed E-state index contributed by atoms with van der Waals surface area (Å²) in [5.41, 5.74) is 1.01. The summed E-state index contributed by atoms with van der Waals surface area (Å²) in [4.78, 5) is 11.8. The zero-order valence-electron chi connectivity index (χ0n) is 11.6. The lowest BCUT2D eigenvalue weighted by molar-refractivity contribution is -0.0497. The number of hydrogen-bond donors (Lipinski definition) is 2. The second-order valence-corrected chi connectivity index (χ2v) is 4.45. The number of alkyl halides is 2. The van der Waals surface area contributed by atoms with E-state index < -0.39 is 18.5 Å². The molecule has 0 heterocycles. The van der Waals surface area contributed by atoms with Crippen molar-refractivity contribution in [3.05, 3.63) is 53.8 Å². The van der Waals surface area contributed by atoms with Crippen molar-refractivity contribution in [1.29, 1.82) is 0 Å².